The zero-order valence-electron chi connectivity index (χ0n) is 26.1. The van der Waals surface area contributed by atoms with Gasteiger partial charge in [-0.2, -0.15) is 0 Å². The molecule has 0 radical (unpaired) electrons. The maximum atomic E-state index is 8.86. The lowest BCUT2D eigenvalue weighted by atomic mass is 9.84. The molecule has 0 N–H and O–H groups in total. The smallest absolute Gasteiger partial charge is 0.147 e. The molecule has 0 amide bonds. The van der Waals surface area contributed by atoms with E-state index < -0.39 is 6.04 Å². The van der Waals surface area contributed by atoms with Gasteiger partial charge in [0.1, 0.15) is 22.3 Å². The Kier molecular flexibility index (Phi) is 3.49. The van der Waals surface area contributed by atoms with Gasteiger partial charge in [0.05, 0.1) is 12.2 Å². The van der Waals surface area contributed by atoms with Gasteiger partial charge in [0.25, 0.3) is 0 Å². The van der Waals surface area contributed by atoms with Crippen LogP contribution in [-0.2, 0) is 0 Å². The van der Waals surface area contributed by atoms with Crippen molar-refractivity contribution in [2.75, 3.05) is 0 Å². The zero-order chi connectivity index (χ0) is 30.6. The van der Waals surface area contributed by atoms with Crippen molar-refractivity contribution in [2.45, 2.75) is 0 Å². The largest absolute Gasteiger partial charge is 0.456 e. The molecule has 0 aliphatic heterocycles. The number of hydrogen-bond donors (Lipinski definition) is 0. The van der Waals surface area contributed by atoms with Crippen LogP contribution in [0.25, 0.3) is 87.7 Å². The van der Waals surface area contributed by atoms with Crippen LogP contribution in [-0.4, -0.2) is 0 Å². The van der Waals surface area contributed by atoms with Gasteiger partial charge in [-0.25, -0.2) is 0 Å². The first kappa shape index (κ1) is 17.3. The first-order chi connectivity index (χ1) is 21.9. The Balaban J connectivity index is 1.52. The molecule has 7 aromatic carbocycles. The van der Waals surface area contributed by atoms with E-state index >= 15 is 0 Å². The molecule has 2 heteroatoms. The Morgan fingerprint density at radius 3 is 1.57 bits per heavy atom. The van der Waals surface area contributed by atoms with E-state index in [-0.39, 0.29) is 29.7 Å². The first-order valence-corrected chi connectivity index (χ1v) is 13.2. The number of hydrogen-bond acceptors (Lipinski definition) is 2. The number of fused-ring (bicyclic) bond motifs is 9. The van der Waals surface area contributed by atoms with Crippen molar-refractivity contribution in [3.8, 4) is 22.3 Å². The van der Waals surface area contributed by atoms with Crippen LogP contribution in [0.15, 0.2) is 142 Å². The summed E-state index contributed by atoms with van der Waals surface area (Å²) in [6.07, 6.45) is 0. The summed E-state index contributed by atoms with van der Waals surface area (Å²) in [5, 5.41) is 7.21. The van der Waals surface area contributed by atoms with E-state index in [1.54, 1.807) is 0 Å². The zero-order valence-corrected chi connectivity index (χ0v) is 21.1. The predicted octanol–water partition coefficient (Wildman–Crippen LogP) is 11.1. The molecule has 186 valence electrons. The number of para-hydroxylation sites is 2. The van der Waals surface area contributed by atoms with Crippen LogP contribution in [0.2, 0.25) is 0 Å². The fourth-order valence-corrected chi connectivity index (χ4v) is 6.35. The SMILES string of the molecule is [2H]c1c([2H])c([2H])c(-c2c3ccccc3c(-c3cc4oc5ccccc5c4c4oc5ccccc5c34)c3ccccc23)c([2H])c1[2H]. The quantitative estimate of drug-likeness (QED) is 0.214. The highest BCUT2D eigenvalue weighted by Crippen LogP contribution is 2.49. The highest BCUT2D eigenvalue weighted by Gasteiger charge is 2.24. The van der Waals surface area contributed by atoms with Crippen LogP contribution in [0.4, 0.5) is 0 Å². The molecule has 0 fully saturated rings. The fourth-order valence-electron chi connectivity index (χ4n) is 6.35. The van der Waals surface area contributed by atoms with Crippen LogP contribution in [0, 0.1) is 0 Å². The van der Waals surface area contributed by atoms with Crippen LogP contribution in [0.5, 0.6) is 0 Å². The maximum absolute atomic E-state index is 8.86. The summed E-state index contributed by atoms with van der Waals surface area (Å²) in [6, 6.07) is 32.3. The van der Waals surface area contributed by atoms with Crippen LogP contribution in [0.1, 0.15) is 6.85 Å². The summed E-state index contributed by atoms with van der Waals surface area (Å²) in [6.45, 7) is 0. The van der Waals surface area contributed by atoms with Gasteiger partial charge in [-0.15, -0.1) is 0 Å². The van der Waals surface area contributed by atoms with E-state index in [1.165, 1.54) is 0 Å². The minimum absolute atomic E-state index is 0.187. The molecule has 0 saturated heterocycles. The molecule has 0 aliphatic carbocycles. The molecule has 0 atom stereocenters. The van der Waals surface area contributed by atoms with Crippen molar-refractivity contribution >= 4 is 65.4 Å². The Labute approximate surface area is 236 Å². The average Bonchev–Trinajstić information content (AvgIpc) is 3.64. The number of rotatable bonds is 2. The lowest BCUT2D eigenvalue weighted by Crippen LogP contribution is -1.91. The highest BCUT2D eigenvalue weighted by atomic mass is 16.3. The van der Waals surface area contributed by atoms with E-state index in [9.17, 15) is 0 Å². The standard InChI is InChI=1S/C38H22O2/c1-2-12-23(13-3-1)34-24-14-4-6-16-26(24)35(27-17-7-5-15-25(27)34)30-22-33-37(29-19-9-10-20-31(29)39-33)38-36(30)28-18-8-11-21-32(28)40-38/h1-22H/i1D,2D,3D,12D,13D. The van der Waals surface area contributed by atoms with Gasteiger partial charge in [-0.05, 0) is 62.0 Å². The van der Waals surface area contributed by atoms with Gasteiger partial charge < -0.3 is 8.83 Å². The molecule has 40 heavy (non-hydrogen) atoms. The minimum atomic E-state index is -0.410. The predicted molar refractivity (Wildman–Crippen MR) is 167 cm³/mol. The van der Waals surface area contributed by atoms with Gasteiger partial charge in [-0.3, -0.25) is 0 Å². The van der Waals surface area contributed by atoms with Gasteiger partial charge in [0, 0.05) is 16.2 Å². The molecule has 0 spiro atoms. The second kappa shape index (κ2) is 8.08. The van der Waals surface area contributed by atoms with Gasteiger partial charge in [0.2, 0.25) is 0 Å². The summed E-state index contributed by atoms with van der Waals surface area (Å²) >= 11 is 0. The van der Waals surface area contributed by atoms with Crippen molar-refractivity contribution in [3.05, 3.63) is 133 Å². The Morgan fingerprint density at radius 1 is 0.450 bits per heavy atom. The van der Waals surface area contributed by atoms with E-state index in [0.29, 0.717) is 11.1 Å². The van der Waals surface area contributed by atoms with Crippen LogP contribution in [0.3, 0.4) is 0 Å². The molecule has 2 heterocycles. The van der Waals surface area contributed by atoms with Gasteiger partial charge in [-0.1, -0.05) is 115 Å². The highest BCUT2D eigenvalue weighted by molar-refractivity contribution is 6.30. The summed E-state index contributed by atoms with van der Waals surface area (Å²) in [5.74, 6) is 0. The number of furan rings is 2. The summed E-state index contributed by atoms with van der Waals surface area (Å²) in [4.78, 5) is 0. The second-order valence-corrected chi connectivity index (χ2v) is 10.0. The molecular weight excluding hydrogens is 488 g/mol. The van der Waals surface area contributed by atoms with Crippen LogP contribution < -0.4 is 0 Å². The Bertz CT molecular complexity index is 2630. The normalized spacial score (nSPS) is 13.8. The Hall–Kier alpha value is -5.34. The molecule has 9 aromatic rings. The minimum Gasteiger partial charge on any atom is -0.456 e. The monoisotopic (exact) mass is 515 g/mol. The third-order valence-electron chi connectivity index (χ3n) is 7.94. The van der Waals surface area contributed by atoms with Crippen molar-refractivity contribution in [1.29, 1.82) is 0 Å². The summed E-state index contributed by atoms with van der Waals surface area (Å²) in [5.41, 5.74) is 5.69. The molecule has 0 aliphatic rings. The first-order valence-electron chi connectivity index (χ1n) is 15.7. The summed E-state index contributed by atoms with van der Waals surface area (Å²) in [7, 11) is 0. The van der Waals surface area contributed by atoms with E-state index in [4.69, 9.17) is 15.7 Å². The van der Waals surface area contributed by atoms with Crippen molar-refractivity contribution in [3.63, 3.8) is 0 Å². The van der Waals surface area contributed by atoms with Crippen molar-refractivity contribution in [2.24, 2.45) is 0 Å². The van der Waals surface area contributed by atoms with Gasteiger partial charge in [0.15, 0.2) is 0 Å². The molecule has 0 bridgehead atoms. The third-order valence-corrected chi connectivity index (χ3v) is 7.94. The van der Waals surface area contributed by atoms with Crippen LogP contribution >= 0.6 is 0 Å². The Morgan fingerprint density at radius 2 is 0.950 bits per heavy atom. The summed E-state index contributed by atoms with van der Waals surface area (Å²) < 4.78 is 55.8. The molecule has 2 nitrogen and oxygen atoms in total. The topological polar surface area (TPSA) is 26.3 Å². The van der Waals surface area contributed by atoms with E-state index in [2.05, 4.69) is 12.1 Å². The van der Waals surface area contributed by atoms with Crippen molar-refractivity contribution < 1.29 is 15.7 Å². The fraction of sp³-hybridized carbons (Fsp3) is 0. The molecule has 0 saturated carbocycles. The lowest BCUT2D eigenvalue weighted by Gasteiger charge is -2.18. The molecule has 2 aromatic heterocycles. The molecule has 9 rings (SSSR count). The van der Waals surface area contributed by atoms with Gasteiger partial charge >= 0.3 is 0 Å². The lowest BCUT2D eigenvalue weighted by molar-refractivity contribution is 0.663. The number of benzene rings is 7. The molecule has 0 unspecified atom stereocenters. The van der Waals surface area contributed by atoms with E-state index in [1.807, 2.05) is 91.0 Å². The second-order valence-electron chi connectivity index (χ2n) is 10.0. The van der Waals surface area contributed by atoms with Crippen molar-refractivity contribution in [1.82, 2.24) is 0 Å². The third kappa shape index (κ3) is 2.88. The average molecular weight is 516 g/mol. The molecular formula is C38H22O2. The maximum Gasteiger partial charge on any atom is 0.147 e. The van der Waals surface area contributed by atoms with E-state index in [0.717, 1.165) is 71.0 Å².